The molecular weight excluding hydrogens is 288 g/mol. The largest absolute Gasteiger partial charge is 0.386 e. The van der Waals surface area contributed by atoms with E-state index >= 15 is 0 Å². The summed E-state index contributed by atoms with van der Waals surface area (Å²) in [4.78, 5) is 47.8. The molecule has 0 bridgehead atoms. The molecule has 6 nitrogen and oxygen atoms in total. The molecular formula is C16H6O6. The number of esters is 2. The van der Waals surface area contributed by atoms with E-state index in [4.69, 9.17) is 4.42 Å². The molecule has 0 radical (unpaired) electrons. The number of rotatable bonds is 0. The van der Waals surface area contributed by atoms with Crippen LogP contribution in [0, 0.1) is 0 Å². The Morgan fingerprint density at radius 2 is 1.36 bits per heavy atom. The molecule has 6 heteroatoms. The fourth-order valence-corrected chi connectivity index (χ4v) is 2.70. The summed E-state index contributed by atoms with van der Waals surface area (Å²) in [6.07, 6.45) is 0. The van der Waals surface area contributed by atoms with Gasteiger partial charge in [-0.2, -0.15) is 0 Å². The zero-order valence-electron chi connectivity index (χ0n) is 10.9. The molecule has 2 heterocycles. The van der Waals surface area contributed by atoms with Gasteiger partial charge in [-0.25, -0.2) is 19.2 Å². The van der Waals surface area contributed by atoms with Crippen molar-refractivity contribution in [1.82, 2.24) is 0 Å². The monoisotopic (exact) mass is 294 g/mol. The second-order valence-corrected chi connectivity index (χ2v) is 4.81. The highest BCUT2D eigenvalue weighted by Crippen LogP contribution is 2.30. The molecule has 3 aromatic rings. The van der Waals surface area contributed by atoms with Gasteiger partial charge in [-0.15, -0.1) is 0 Å². The van der Waals surface area contributed by atoms with Crippen LogP contribution in [0.2, 0.25) is 0 Å². The van der Waals surface area contributed by atoms with Gasteiger partial charge in [0.1, 0.15) is 0 Å². The lowest BCUT2D eigenvalue weighted by atomic mass is 9.98. The van der Waals surface area contributed by atoms with Crippen molar-refractivity contribution in [3.05, 3.63) is 68.4 Å². The van der Waals surface area contributed by atoms with Crippen LogP contribution in [-0.4, -0.2) is 11.9 Å². The molecule has 0 fully saturated rings. The van der Waals surface area contributed by atoms with Crippen LogP contribution in [0.5, 0.6) is 0 Å². The molecule has 2 aromatic carbocycles. The highest BCUT2D eigenvalue weighted by Gasteiger charge is 2.32. The third kappa shape index (κ3) is 1.49. The van der Waals surface area contributed by atoms with E-state index in [1.807, 2.05) is 0 Å². The maximum atomic E-state index is 12.1. The Balaban J connectivity index is 2.46. The minimum atomic E-state index is -0.869. The maximum Gasteiger partial charge on any atom is 0.347 e. The lowest BCUT2D eigenvalue weighted by Crippen LogP contribution is -2.05. The van der Waals surface area contributed by atoms with Crippen molar-refractivity contribution < 1.29 is 18.7 Å². The average Bonchev–Trinajstić information content (AvgIpc) is 2.75. The van der Waals surface area contributed by atoms with E-state index < -0.39 is 23.2 Å². The molecule has 0 amide bonds. The fraction of sp³-hybridized carbons (Fsp3) is 0. The smallest absolute Gasteiger partial charge is 0.347 e. The summed E-state index contributed by atoms with van der Waals surface area (Å²) in [7, 11) is 0. The summed E-state index contributed by atoms with van der Waals surface area (Å²) in [6.45, 7) is 0. The fourth-order valence-electron chi connectivity index (χ4n) is 2.70. The first-order chi connectivity index (χ1) is 10.6. The van der Waals surface area contributed by atoms with Crippen LogP contribution < -0.4 is 11.3 Å². The van der Waals surface area contributed by atoms with E-state index in [1.54, 1.807) is 18.2 Å². The maximum absolute atomic E-state index is 12.1. The van der Waals surface area contributed by atoms with Crippen molar-refractivity contribution in [2.45, 2.75) is 0 Å². The summed E-state index contributed by atoms with van der Waals surface area (Å²) >= 11 is 0. The van der Waals surface area contributed by atoms with Crippen molar-refractivity contribution in [3.8, 4) is 0 Å². The molecule has 0 saturated carbocycles. The number of ether oxygens (including phenoxy) is 1. The van der Waals surface area contributed by atoms with Gasteiger partial charge >= 0.3 is 23.2 Å². The Labute approximate surface area is 121 Å². The molecule has 1 aliphatic heterocycles. The summed E-state index contributed by atoms with van der Waals surface area (Å²) in [6, 6.07) is 9.02. The predicted molar refractivity (Wildman–Crippen MR) is 76.0 cm³/mol. The number of hydrogen-bond donors (Lipinski definition) is 0. The van der Waals surface area contributed by atoms with Gasteiger partial charge in [-0.3, -0.25) is 0 Å². The summed E-state index contributed by atoms with van der Waals surface area (Å²) in [5.74, 6) is -1.61. The molecule has 1 aliphatic rings. The standard InChI is InChI=1S/C16H6O6/c17-13-8-4-2-1-3-7(8)11-9(14(18)21-13)5-6-10-12(11)16(20)22-15(10)19/h1-6H. The highest BCUT2D eigenvalue weighted by atomic mass is 16.6. The van der Waals surface area contributed by atoms with Gasteiger partial charge in [0.15, 0.2) is 0 Å². The van der Waals surface area contributed by atoms with Gasteiger partial charge in [0.05, 0.1) is 21.9 Å². The first-order valence-electron chi connectivity index (χ1n) is 6.37. The molecule has 0 unspecified atom stereocenters. The van der Waals surface area contributed by atoms with Crippen LogP contribution in [0.3, 0.4) is 0 Å². The number of fused-ring (bicyclic) bond motifs is 5. The molecule has 0 aliphatic carbocycles. The lowest BCUT2D eigenvalue weighted by molar-refractivity contribution is 0.0444. The molecule has 22 heavy (non-hydrogen) atoms. The highest BCUT2D eigenvalue weighted by molar-refractivity contribution is 6.25. The zero-order chi connectivity index (χ0) is 15.4. The van der Waals surface area contributed by atoms with Crippen molar-refractivity contribution in [2.75, 3.05) is 0 Å². The SMILES string of the molecule is O=C1OC(=O)c2c1ccc1c(=O)oc(=O)c3ccccc3c21. The Kier molecular flexibility index (Phi) is 2.33. The Morgan fingerprint density at radius 1 is 0.682 bits per heavy atom. The minimum absolute atomic E-state index is 0.0124. The first-order valence-corrected chi connectivity index (χ1v) is 6.37. The summed E-state index contributed by atoms with van der Waals surface area (Å²) in [5.41, 5.74) is -1.61. The zero-order valence-corrected chi connectivity index (χ0v) is 10.9. The van der Waals surface area contributed by atoms with Crippen LogP contribution in [0.15, 0.2) is 50.4 Å². The van der Waals surface area contributed by atoms with E-state index in [0.29, 0.717) is 5.39 Å². The van der Waals surface area contributed by atoms with Crippen molar-refractivity contribution in [1.29, 1.82) is 0 Å². The molecule has 4 rings (SSSR count). The van der Waals surface area contributed by atoms with Crippen molar-refractivity contribution in [3.63, 3.8) is 0 Å². The van der Waals surface area contributed by atoms with Gasteiger partial charge in [-0.05, 0) is 23.6 Å². The second kappa shape index (κ2) is 4.11. The first kappa shape index (κ1) is 12.5. The third-order valence-corrected chi connectivity index (χ3v) is 3.64. The quantitative estimate of drug-likeness (QED) is 0.462. The van der Waals surface area contributed by atoms with Crippen LogP contribution in [0.25, 0.3) is 21.5 Å². The van der Waals surface area contributed by atoms with Gasteiger partial charge in [0, 0.05) is 5.39 Å². The Morgan fingerprint density at radius 3 is 2.14 bits per heavy atom. The number of carbonyl (C=O) groups excluding carboxylic acids is 2. The average molecular weight is 294 g/mol. The van der Waals surface area contributed by atoms with Crippen LogP contribution in [0.1, 0.15) is 20.7 Å². The van der Waals surface area contributed by atoms with Gasteiger partial charge < -0.3 is 9.15 Å². The number of cyclic esters (lactones) is 2. The molecule has 0 N–H and O–H groups in total. The van der Waals surface area contributed by atoms with Crippen LogP contribution >= 0.6 is 0 Å². The molecule has 1 aromatic heterocycles. The van der Waals surface area contributed by atoms with Crippen molar-refractivity contribution in [2.24, 2.45) is 0 Å². The number of hydrogen-bond acceptors (Lipinski definition) is 6. The summed E-state index contributed by atoms with van der Waals surface area (Å²) in [5, 5.41) is 0.746. The van der Waals surface area contributed by atoms with Crippen LogP contribution in [-0.2, 0) is 4.74 Å². The van der Waals surface area contributed by atoms with E-state index in [2.05, 4.69) is 4.74 Å². The minimum Gasteiger partial charge on any atom is -0.386 e. The van der Waals surface area contributed by atoms with Gasteiger partial charge in [-0.1, -0.05) is 18.2 Å². The van der Waals surface area contributed by atoms with E-state index in [0.717, 1.165) is 0 Å². The number of benzene rings is 2. The van der Waals surface area contributed by atoms with E-state index in [-0.39, 0.29) is 27.3 Å². The lowest BCUT2D eigenvalue weighted by Gasteiger charge is -1.99. The summed E-state index contributed by atoms with van der Waals surface area (Å²) < 4.78 is 9.37. The Hall–Kier alpha value is -3.28. The third-order valence-electron chi connectivity index (χ3n) is 3.64. The van der Waals surface area contributed by atoms with Gasteiger partial charge in [0.25, 0.3) is 0 Å². The van der Waals surface area contributed by atoms with E-state index in [9.17, 15) is 19.2 Å². The number of carbonyl (C=O) groups is 2. The Bertz CT molecular complexity index is 1120. The van der Waals surface area contributed by atoms with Crippen LogP contribution in [0.4, 0.5) is 0 Å². The molecule has 0 spiro atoms. The normalized spacial score (nSPS) is 13.5. The van der Waals surface area contributed by atoms with E-state index in [1.165, 1.54) is 18.2 Å². The van der Waals surface area contributed by atoms with Gasteiger partial charge in [0.2, 0.25) is 0 Å². The topological polar surface area (TPSA) is 90.7 Å². The molecule has 106 valence electrons. The molecule has 0 saturated heterocycles. The second-order valence-electron chi connectivity index (χ2n) is 4.81. The predicted octanol–water partition coefficient (Wildman–Crippen LogP) is 1.62. The molecule has 0 atom stereocenters. The van der Waals surface area contributed by atoms with Crippen molar-refractivity contribution >= 4 is 33.5 Å².